The number of benzene rings is 1. The maximum absolute atomic E-state index is 14.3. The van der Waals surface area contributed by atoms with Crippen LogP contribution in [0.1, 0.15) is 54.0 Å². The van der Waals surface area contributed by atoms with Gasteiger partial charge < -0.3 is 9.88 Å². The van der Waals surface area contributed by atoms with Gasteiger partial charge in [-0.2, -0.15) is 0 Å². The molecule has 2 aliphatic heterocycles. The molecule has 2 aliphatic rings. The zero-order valence-corrected chi connectivity index (χ0v) is 17.0. The number of amides is 1. The SMILES string of the molecule is Cc1ccc(C(=O)N2CCC3(CC2)c2nc[nH]c2CCN3CC(C)C)c(F)c1. The number of rotatable bonds is 3. The van der Waals surface area contributed by atoms with E-state index in [9.17, 15) is 9.18 Å². The minimum atomic E-state index is -0.432. The highest BCUT2D eigenvalue weighted by Crippen LogP contribution is 2.42. The van der Waals surface area contributed by atoms with Crippen LogP contribution < -0.4 is 0 Å². The topological polar surface area (TPSA) is 52.2 Å². The van der Waals surface area contributed by atoms with Crippen LogP contribution >= 0.6 is 0 Å². The average Bonchev–Trinajstić information content (AvgIpc) is 3.14. The molecule has 5 nitrogen and oxygen atoms in total. The molecule has 0 aliphatic carbocycles. The van der Waals surface area contributed by atoms with Crippen molar-refractivity contribution in [1.29, 1.82) is 0 Å². The summed E-state index contributed by atoms with van der Waals surface area (Å²) in [4.78, 5) is 25.3. The van der Waals surface area contributed by atoms with Gasteiger partial charge in [0.1, 0.15) is 5.82 Å². The second-order valence-electron chi connectivity index (χ2n) is 8.63. The van der Waals surface area contributed by atoms with Crippen LogP contribution in [0.2, 0.25) is 0 Å². The molecule has 1 aromatic heterocycles. The maximum Gasteiger partial charge on any atom is 0.256 e. The molecule has 150 valence electrons. The van der Waals surface area contributed by atoms with Crippen molar-refractivity contribution in [2.75, 3.05) is 26.2 Å². The molecule has 4 rings (SSSR count). The smallest absolute Gasteiger partial charge is 0.256 e. The van der Waals surface area contributed by atoms with E-state index < -0.39 is 5.82 Å². The van der Waals surface area contributed by atoms with E-state index in [1.54, 1.807) is 23.4 Å². The second kappa shape index (κ2) is 7.32. The molecule has 0 radical (unpaired) electrons. The highest BCUT2D eigenvalue weighted by Gasteiger charge is 2.47. The number of H-pyrrole nitrogens is 1. The number of fused-ring (bicyclic) bond motifs is 2. The van der Waals surface area contributed by atoms with E-state index in [0.29, 0.717) is 19.0 Å². The van der Waals surface area contributed by atoms with E-state index >= 15 is 0 Å². The number of aromatic amines is 1. The molecule has 0 atom stereocenters. The number of nitrogens with one attached hydrogen (secondary N) is 1. The van der Waals surface area contributed by atoms with Gasteiger partial charge in [0.2, 0.25) is 0 Å². The van der Waals surface area contributed by atoms with Crippen LogP contribution in [0.4, 0.5) is 4.39 Å². The fourth-order valence-corrected chi connectivity index (χ4v) is 4.83. The Kier molecular flexibility index (Phi) is 5.00. The lowest BCUT2D eigenvalue weighted by Gasteiger charge is -2.51. The van der Waals surface area contributed by atoms with Crippen molar-refractivity contribution in [3.8, 4) is 0 Å². The molecule has 1 N–H and O–H groups in total. The van der Waals surface area contributed by atoms with Crippen LogP contribution in [-0.2, 0) is 12.0 Å². The number of aryl methyl sites for hydroxylation is 1. The van der Waals surface area contributed by atoms with Crippen LogP contribution in [0.5, 0.6) is 0 Å². The van der Waals surface area contributed by atoms with Gasteiger partial charge in [0.15, 0.2) is 0 Å². The van der Waals surface area contributed by atoms with Gasteiger partial charge in [0.05, 0.1) is 23.1 Å². The van der Waals surface area contributed by atoms with E-state index in [2.05, 4.69) is 28.7 Å². The van der Waals surface area contributed by atoms with Gasteiger partial charge >= 0.3 is 0 Å². The summed E-state index contributed by atoms with van der Waals surface area (Å²) < 4.78 is 14.3. The highest BCUT2D eigenvalue weighted by molar-refractivity contribution is 5.94. The summed E-state index contributed by atoms with van der Waals surface area (Å²) >= 11 is 0. The fraction of sp³-hybridized carbons (Fsp3) is 0.545. The summed E-state index contributed by atoms with van der Waals surface area (Å²) in [5, 5.41) is 0. The van der Waals surface area contributed by atoms with Gasteiger partial charge in [-0.05, 0) is 43.4 Å². The van der Waals surface area contributed by atoms with Gasteiger partial charge in [0.25, 0.3) is 5.91 Å². The Labute approximate surface area is 165 Å². The summed E-state index contributed by atoms with van der Waals surface area (Å²) in [5.74, 6) is -0.0709. The molecule has 1 fully saturated rings. The quantitative estimate of drug-likeness (QED) is 0.881. The second-order valence-corrected chi connectivity index (χ2v) is 8.63. The number of halogens is 1. The maximum atomic E-state index is 14.3. The lowest BCUT2D eigenvalue weighted by molar-refractivity contribution is 0.000503. The summed E-state index contributed by atoms with van der Waals surface area (Å²) in [6.45, 7) is 9.58. The molecule has 6 heteroatoms. The Hall–Kier alpha value is -2.21. The number of carbonyl (C=O) groups excluding carboxylic acids is 1. The molecule has 1 saturated heterocycles. The van der Waals surface area contributed by atoms with Crippen LogP contribution in [-0.4, -0.2) is 51.9 Å². The van der Waals surface area contributed by atoms with Crippen molar-refractivity contribution >= 4 is 5.91 Å². The first-order chi connectivity index (χ1) is 13.4. The van der Waals surface area contributed by atoms with Crippen LogP contribution in [0, 0.1) is 18.7 Å². The van der Waals surface area contributed by atoms with E-state index in [-0.39, 0.29) is 17.0 Å². The monoisotopic (exact) mass is 384 g/mol. The molecule has 1 aromatic carbocycles. The average molecular weight is 384 g/mol. The van der Waals surface area contributed by atoms with Crippen LogP contribution in [0.15, 0.2) is 24.5 Å². The summed E-state index contributed by atoms with van der Waals surface area (Å²) in [6.07, 6.45) is 4.44. The highest BCUT2D eigenvalue weighted by atomic mass is 19.1. The summed E-state index contributed by atoms with van der Waals surface area (Å²) in [5.41, 5.74) is 3.24. The van der Waals surface area contributed by atoms with Gasteiger partial charge in [0, 0.05) is 38.3 Å². The number of carbonyl (C=O) groups is 1. The van der Waals surface area contributed by atoms with Crippen molar-refractivity contribution in [2.45, 2.75) is 45.6 Å². The van der Waals surface area contributed by atoms with Crippen molar-refractivity contribution < 1.29 is 9.18 Å². The zero-order chi connectivity index (χ0) is 19.9. The Bertz CT molecular complexity index is 867. The number of nitrogens with zero attached hydrogens (tertiary/aromatic N) is 3. The van der Waals surface area contributed by atoms with Crippen molar-refractivity contribution in [3.05, 3.63) is 52.9 Å². The predicted octanol–water partition coefficient (Wildman–Crippen LogP) is 3.50. The molecule has 1 spiro atoms. The third-order valence-electron chi connectivity index (χ3n) is 6.21. The minimum Gasteiger partial charge on any atom is -0.348 e. The normalized spacial score (nSPS) is 19.2. The van der Waals surface area contributed by atoms with E-state index in [1.807, 2.05) is 6.92 Å². The molecular formula is C22H29FN4O. The number of piperidine rings is 1. The van der Waals surface area contributed by atoms with E-state index in [1.165, 1.54) is 11.8 Å². The van der Waals surface area contributed by atoms with Gasteiger partial charge in [-0.1, -0.05) is 19.9 Å². The lowest BCUT2D eigenvalue weighted by Crippen LogP contribution is -2.57. The number of imidazole rings is 1. The summed E-state index contributed by atoms with van der Waals surface area (Å²) in [6, 6.07) is 4.83. The minimum absolute atomic E-state index is 0.125. The number of likely N-dealkylation sites (tertiary alicyclic amines) is 1. The van der Waals surface area contributed by atoms with Crippen LogP contribution in [0.3, 0.4) is 0 Å². The molecular weight excluding hydrogens is 355 g/mol. The zero-order valence-electron chi connectivity index (χ0n) is 17.0. The van der Waals surface area contributed by atoms with E-state index in [4.69, 9.17) is 0 Å². The third-order valence-corrected chi connectivity index (χ3v) is 6.21. The Balaban J connectivity index is 1.56. The van der Waals surface area contributed by atoms with Crippen molar-refractivity contribution in [3.63, 3.8) is 0 Å². The molecule has 1 amide bonds. The van der Waals surface area contributed by atoms with Crippen molar-refractivity contribution in [2.24, 2.45) is 5.92 Å². The third kappa shape index (κ3) is 3.24. The molecule has 0 unspecified atom stereocenters. The molecule has 0 bridgehead atoms. The lowest BCUT2D eigenvalue weighted by atomic mass is 9.78. The number of hydrogen-bond donors (Lipinski definition) is 1. The Morgan fingerprint density at radius 3 is 2.71 bits per heavy atom. The molecule has 0 saturated carbocycles. The van der Waals surface area contributed by atoms with Gasteiger partial charge in [-0.15, -0.1) is 0 Å². The van der Waals surface area contributed by atoms with E-state index in [0.717, 1.165) is 43.6 Å². The standard InChI is InChI=1S/C22H29FN4O/c1-15(2)13-27-9-6-19-20(25-14-24-19)22(27)7-10-26(11-8-22)21(28)17-5-4-16(3)12-18(17)23/h4-5,12,14-15H,6-11,13H2,1-3H3,(H,24,25). The van der Waals surface area contributed by atoms with Crippen molar-refractivity contribution in [1.82, 2.24) is 19.8 Å². The first-order valence-corrected chi connectivity index (χ1v) is 10.2. The molecule has 3 heterocycles. The van der Waals surface area contributed by atoms with Crippen LogP contribution in [0.25, 0.3) is 0 Å². The predicted molar refractivity (Wildman–Crippen MR) is 107 cm³/mol. The number of hydrogen-bond acceptors (Lipinski definition) is 3. The number of aromatic nitrogens is 2. The van der Waals surface area contributed by atoms with Gasteiger partial charge in [-0.25, -0.2) is 9.37 Å². The fourth-order valence-electron chi connectivity index (χ4n) is 4.83. The molecule has 28 heavy (non-hydrogen) atoms. The summed E-state index contributed by atoms with van der Waals surface area (Å²) in [7, 11) is 0. The Morgan fingerprint density at radius 1 is 1.29 bits per heavy atom. The van der Waals surface area contributed by atoms with Gasteiger partial charge in [-0.3, -0.25) is 9.69 Å². The Morgan fingerprint density at radius 2 is 2.04 bits per heavy atom. The first-order valence-electron chi connectivity index (χ1n) is 10.2. The largest absolute Gasteiger partial charge is 0.348 e. The molecule has 2 aromatic rings. The first kappa shape index (κ1) is 19.1.